The first kappa shape index (κ1) is 26.3. The van der Waals surface area contributed by atoms with Crippen molar-refractivity contribution in [2.45, 2.75) is 25.4 Å². The number of hydrogen-bond acceptors (Lipinski definition) is 4. The molecule has 1 fully saturated rings. The van der Waals surface area contributed by atoms with E-state index in [2.05, 4.69) is 10.6 Å². The highest BCUT2D eigenvalue weighted by Gasteiger charge is 2.30. The predicted octanol–water partition coefficient (Wildman–Crippen LogP) is 7.48. The van der Waals surface area contributed by atoms with Crippen LogP contribution in [0.2, 0.25) is 0 Å². The molecular formula is C34H27FN2O4. The largest absolute Gasteiger partial charge is 0.487 e. The fourth-order valence-electron chi connectivity index (χ4n) is 5.66. The molecule has 7 heteroatoms. The van der Waals surface area contributed by atoms with Crippen molar-refractivity contribution in [3.63, 3.8) is 0 Å². The van der Waals surface area contributed by atoms with E-state index in [0.717, 1.165) is 46.1 Å². The summed E-state index contributed by atoms with van der Waals surface area (Å²) in [5, 5.41) is 20.4. The molecule has 204 valence electrons. The SMILES string of the molecule is N#Cc1ccc2c(c1OCc1ccccc1)c(-c1ccc(C(=O)O)cc1)c(C1CCOCC1)n2-c1cccc(F)c1. The molecular weight excluding hydrogens is 519 g/mol. The molecule has 1 aromatic heterocycles. The van der Waals surface area contributed by atoms with Gasteiger partial charge in [0.15, 0.2) is 0 Å². The average Bonchev–Trinajstić information content (AvgIpc) is 3.36. The van der Waals surface area contributed by atoms with Gasteiger partial charge in [-0.25, -0.2) is 9.18 Å². The summed E-state index contributed by atoms with van der Waals surface area (Å²) in [6, 6.07) is 28.8. The normalized spacial score (nSPS) is 13.7. The molecule has 5 aromatic rings. The maximum Gasteiger partial charge on any atom is 0.335 e. The van der Waals surface area contributed by atoms with Crippen LogP contribution in [0.3, 0.4) is 0 Å². The van der Waals surface area contributed by atoms with Crippen LogP contribution in [-0.4, -0.2) is 28.9 Å². The zero-order valence-corrected chi connectivity index (χ0v) is 22.2. The summed E-state index contributed by atoms with van der Waals surface area (Å²) in [5.74, 6) is -0.860. The summed E-state index contributed by atoms with van der Waals surface area (Å²) in [5.41, 5.74) is 5.52. The highest BCUT2D eigenvalue weighted by molar-refractivity contribution is 6.05. The molecule has 1 aliphatic heterocycles. The van der Waals surface area contributed by atoms with Crippen molar-refractivity contribution in [1.82, 2.24) is 4.57 Å². The van der Waals surface area contributed by atoms with Gasteiger partial charge >= 0.3 is 5.97 Å². The summed E-state index contributed by atoms with van der Waals surface area (Å²) in [6.07, 6.45) is 1.52. The van der Waals surface area contributed by atoms with Crippen molar-refractivity contribution in [1.29, 1.82) is 5.26 Å². The second-order valence-corrected chi connectivity index (χ2v) is 10.1. The van der Waals surface area contributed by atoms with Gasteiger partial charge in [0.1, 0.15) is 24.2 Å². The second-order valence-electron chi connectivity index (χ2n) is 10.1. The van der Waals surface area contributed by atoms with Crippen molar-refractivity contribution < 1.29 is 23.8 Å². The van der Waals surface area contributed by atoms with Crippen LogP contribution in [-0.2, 0) is 11.3 Å². The van der Waals surface area contributed by atoms with Crippen LogP contribution in [0.15, 0.2) is 91.0 Å². The minimum atomic E-state index is -1.01. The van der Waals surface area contributed by atoms with E-state index in [1.165, 1.54) is 12.1 Å². The van der Waals surface area contributed by atoms with Crippen molar-refractivity contribution in [2.24, 2.45) is 0 Å². The van der Waals surface area contributed by atoms with Crippen LogP contribution in [0.5, 0.6) is 5.75 Å². The molecule has 0 amide bonds. The van der Waals surface area contributed by atoms with E-state index in [9.17, 15) is 19.6 Å². The van der Waals surface area contributed by atoms with Crippen molar-refractivity contribution >= 4 is 16.9 Å². The molecule has 0 aliphatic carbocycles. The van der Waals surface area contributed by atoms with Gasteiger partial charge in [-0.1, -0.05) is 48.5 Å². The molecule has 1 N–H and O–H groups in total. The Balaban J connectivity index is 1.69. The number of aromatic carboxylic acids is 1. The van der Waals surface area contributed by atoms with E-state index in [1.54, 1.807) is 36.4 Å². The Hall–Kier alpha value is -4.93. The number of carbonyl (C=O) groups is 1. The van der Waals surface area contributed by atoms with Gasteiger partial charge in [-0.3, -0.25) is 0 Å². The number of rotatable bonds is 7. The number of benzene rings is 4. The van der Waals surface area contributed by atoms with E-state index in [0.29, 0.717) is 30.2 Å². The van der Waals surface area contributed by atoms with Gasteiger partial charge in [0.05, 0.1) is 22.0 Å². The quantitative estimate of drug-likeness (QED) is 0.229. The second kappa shape index (κ2) is 11.3. The first-order valence-corrected chi connectivity index (χ1v) is 13.5. The number of ether oxygens (including phenoxy) is 2. The van der Waals surface area contributed by atoms with Gasteiger partial charge < -0.3 is 19.1 Å². The highest BCUT2D eigenvalue weighted by atomic mass is 19.1. The Morgan fingerprint density at radius 2 is 1.76 bits per heavy atom. The number of hydrogen-bond donors (Lipinski definition) is 1. The standard InChI is InChI=1S/C34H27FN2O4/c35-27-7-4-8-28(19-27)37-29-14-13-26(20-36)33(41-21-22-5-2-1-3-6-22)31(29)30(32(37)24-15-17-40-18-16-24)23-9-11-25(12-10-23)34(38)39/h1-14,19,24H,15-18,21H2,(H,38,39). The third-order valence-electron chi connectivity index (χ3n) is 7.57. The van der Waals surface area contributed by atoms with Crippen LogP contribution < -0.4 is 4.74 Å². The van der Waals surface area contributed by atoms with Gasteiger partial charge in [0.2, 0.25) is 0 Å². The lowest BCUT2D eigenvalue weighted by Gasteiger charge is -2.26. The third-order valence-corrected chi connectivity index (χ3v) is 7.57. The molecule has 0 bridgehead atoms. The maximum atomic E-state index is 14.6. The Morgan fingerprint density at radius 1 is 1.00 bits per heavy atom. The fraction of sp³-hybridized carbons (Fsp3) is 0.176. The van der Waals surface area contributed by atoms with Crippen molar-refractivity contribution in [3.8, 4) is 28.6 Å². The van der Waals surface area contributed by atoms with Crippen LogP contribution in [0, 0.1) is 17.1 Å². The molecule has 1 saturated heterocycles. The summed E-state index contributed by atoms with van der Waals surface area (Å²) in [4.78, 5) is 11.6. The Bertz CT molecular complexity index is 1770. The molecule has 0 saturated carbocycles. The minimum absolute atomic E-state index is 0.0704. The van der Waals surface area contributed by atoms with Crippen LogP contribution in [0.4, 0.5) is 4.39 Å². The Labute approximate surface area is 236 Å². The molecule has 1 aliphatic rings. The van der Waals surface area contributed by atoms with Crippen molar-refractivity contribution in [2.75, 3.05) is 13.2 Å². The minimum Gasteiger partial charge on any atom is -0.487 e. The number of halogens is 1. The lowest BCUT2D eigenvalue weighted by atomic mass is 9.89. The first-order chi connectivity index (χ1) is 20.0. The number of carboxylic acid groups (broad SMARTS) is 1. The predicted molar refractivity (Wildman–Crippen MR) is 154 cm³/mol. The maximum absolute atomic E-state index is 14.6. The lowest BCUT2D eigenvalue weighted by Crippen LogP contribution is -2.17. The summed E-state index contributed by atoms with van der Waals surface area (Å²) in [7, 11) is 0. The smallest absolute Gasteiger partial charge is 0.335 e. The fourth-order valence-corrected chi connectivity index (χ4v) is 5.66. The Morgan fingerprint density at radius 3 is 2.44 bits per heavy atom. The van der Waals surface area contributed by atoms with E-state index in [4.69, 9.17) is 9.47 Å². The molecule has 0 atom stereocenters. The highest BCUT2D eigenvalue weighted by Crippen LogP contribution is 2.47. The summed E-state index contributed by atoms with van der Waals surface area (Å²) < 4.78 is 28.8. The van der Waals surface area contributed by atoms with Crippen LogP contribution in [0.25, 0.3) is 27.7 Å². The van der Waals surface area contributed by atoms with E-state index < -0.39 is 5.97 Å². The van der Waals surface area contributed by atoms with Gasteiger partial charge in [-0.2, -0.15) is 5.26 Å². The molecule has 4 aromatic carbocycles. The van der Waals surface area contributed by atoms with Gasteiger partial charge in [-0.05, 0) is 66.4 Å². The van der Waals surface area contributed by atoms with Gasteiger partial charge in [0, 0.05) is 36.1 Å². The number of nitriles is 1. The van der Waals surface area contributed by atoms with Gasteiger partial charge in [-0.15, -0.1) is 0 Å². The zero-order chi connectivity index (χ0) is 28.3. The van der Waals surface area contributed by atoms with E-state index in [1.807, 2.05) is 42.5 Å². The van der Waals surface area contributed by atoms with Crippen molar-refractivity contribution in [3.05, 3.63) is 119 Å². The molecule has 6 rings (SSSR count). The Kier molecular flexibility index (Phi) is 7.24. The molecule has 0 radical (unpaired) electrons. The van der Waals surface area contributed by atoms with Crippen LogP contribution in [0.1, 0.15) is 45.9 Å². The molecule has 2 heterocycles. The number of carboxylic acids is 1. The van der Waals surface area contributed by atoms with E-state index >= 15 is 0 Å². The lowest BCUT2D eigenvalue weighted by molar-refractivity contribution is 0.0697. The summed E-state index contributed by atoms with van der Waals surface area (Å²) >= 11 is 0. The molecule has 6 nitrogen and oxygen atoms in total. The molecule has 0 spiro atoms. The van der Waals surface area contributed by atoms with Crippen LogP contribution >= 0.6 is 0 Å². The summed E-state index contributed by atoms with van der Waals surface area (Å²) in [6.45, 7) is 1.44. The third kappa shape index (κ3) is 5.06. The number of fused-ring (bicyclic) bond motifs is 1. The molecule has 41 heavy (non-hydrogen) atoms. The first-order valence-electron chi connectivity index (χ1n) is 13.5. The van der Waals surface area contributed by atoms with Gasteiger partial charge in [0.25, 0.3) is 0 Å². The zero-order valence-electron chi connectivity index (χ0n) is 22.2. The number of aromatic nitrogens is 1. The monoisotopic (exact) mass is 546 g/mol. The number of nitrogens with zero attached hydrogens (tertiary/aromatic N) is 2. The topological polar surface area (TPSA) is 84.5 Å². The average molecular weight is 547 g/mol. The van der Waals surface area contributed by atoms with E-state index in [-0.39, 0.29) is 23.9 Å². The molecule has 0 unspecified atom stereocenters.